The van der Waals surface area contributed by atoms with E-state index in [2.05, 4.69) is 18.4 Å². The van der Waals surface area contributed by atoms with E-state index in [9.17, 15) is 0 Å². The minimum absolute atomic E-state index is 0.809. The van der Waals surface area contributed by atoms with Gasteiger partial charge in [0, 0.05) is 12.8 Å². The maximum absolute atomic E-state index is 5.31. The smallest absolute Gasteiger partial charge is 0.157 e. The minimum atomic E-state index is 0.809. The molecule has 0 atom stereocenters. The first-order valence-electron chi connectivity index (χ1n) is 5.51. The van der Waals surface area contributed by atoms with Crippen molar-refractivity contribution in [2.24, 2.45) is 0 Å². The number of piperidine rings is 1. The normalized spacial score (nSPS) is 27.8. The van der Waals surface area contributed by atoms with Gasteiger partial charge in [0.2, 0.25) is 0 Å². The Balaban J connectivity index is 1.71. The zero-order valence-corrected chi connectivity index (χ0v) is 8.83. The molecule has 1 saturated heterocycles. The number of quaternary nitrogens is 2. The lowest BCUT2D eigenvalue weighted by molar-refractivity contribution is -0.894. The molecule has 0 aromatic carbocycles. The van der Waals surface area contributed by atoms with Gasteiger partial charge in [-0.05, 0) is 12.1 Å². The quantitative estimate of drug-likeness (QED) is 0.640. The Labute approximate surface area is 85.1 Å². The molecular formula is C11H20N2O+2. The van der Waals surface area contributed by atoms with E-state index in [4.69, 9.17) is 4.42 Å². The fourth-order valence-electron chi connectivity index (χ4n) is 2.08. The van der Waals surface area contributed by atoms with Gasteiger partial charge in [0.05, 0.1) is 32.4 Å². The molecule has 1 aliphatic heterocycles. The Bertz CT molecular complexity index is 250. The Morgan fingerprint density at radius 3 is 2.93 bits per heavy atom. The van der Waals surface area contributed by atoms with Crippen molar-refractivity contribution in [3.05, 3.63) is 24.2 Å². The van der Waals surface area contributed by atoms with Crippen LogP contribution >= 0.6 is 0 Å². The monoisotopic (exact) mass is 196 g/mol. The lowest BCUT2D eigenvalue weighted by Crippen LogP contribution is -3.12. The molecule has 1 fully saturated rings. The predicted molar refractivity (Wildman–Crippen MR) is 54.0 cm³/mol. The summed E-state index contributed by atoms with van der Waals surface area (Å²) in [6.07, 6.45) is 4.43. The van der Waals surface area contributed by atoms with Crippen molar-refractivity contribution in [3.8, 4) is 0 Å². The molecule has 0 spiro atoms. The molecule has 0 aliphatic carbocycles. The van der Waals surface area contributed by atoms with E-state index in [0.717, 1.165) is 18.3 Å². The Kier molecular flexibility index (Phi) is 3.22. The molecule has 2 heterocycles. The molecule has 0 saturated carbocycles. The summed E-state index contributed by atoms with van der Waals surface area (Å²) in [5, 5.41) is 2.42. The van der Waals surface area contributed by atoms with Gasteiger partial charge < -0.3 is 14.6 Å². The summed E-state index contributed by atoms with van der Waals surface area (Å²) in [6, 6.07) is 4.82. The van der Waals surface area contributed by atoms with E-state index < -0.39 is 0 Å². The number of hydrogen-bond donors (Lipinski definition) is 2. The second-order valence-electron chi connectivity index (χ2n) is 4.31. The van der Waals surface area contributed by atoms with Gasteiger partial charge in [-0.1, -0.05) is 0 Å². The lowest BCUT2D eigenvalue weighted by Gasteiger charge is -2.24. The molecule has 2 rings (SSSR count). The van der Waals surface area contributed by atoms with Crippen LogP contribution in [0.2, 0.25) is 0 Å². The fraction of sp³-hybridized carbons (Fsp3) is 0.636. The van der Waals surface area contributed by atoms with Crippen molar-refractivity contribution in [2.75, 3.05) is 20.1 Å². The first-order valence-corrected chi connectivity index (χ1v) is 5.51. The molecule has 1 aromatic rings. The van der Waals surface area contributed by atoms with Crippen molar-refractivity contribution < 1.29 is 14.6 Å². The largest absolute Gasteiger partial charge is 0.463 e. The average Bonchev–Trinajstić information content (AvgIpc) is 2.70. The van der Waals surface area contributed by atoms with Gasteiger partial charge in [-0.3, -0.25) is 0 Å². The topological polar surface area (TPSA) is 34.2 Å². The lowest BCUT2D eigenvalue weighted by atomic mass is 10.1. The van der Waals surface area contributed by atoms with E-state index in [0.29, 0.717) is 0 Å². The summed E-state index contributed by atoms with van der Waals surface area (Å²) in [5.74, 6) is 1.09. The molecule has 0 radical (unpaired) electrons. The van der Waals surface area contributed by atoms with Gasteiger partial charge in [0.25, 0.3) is 0 Å². The molecule has 3 N–H and O–H groups in total. The van der Waals surface area contributed by atoms with Crippen LogP contribution in [0.15, 0.2) is 22.8 Å². The summed E-state index contributed by atoms with van der Waals surface area (Å²) < 4.78 is 5.31. The Morgan fingerprint density at radius 1 is 1.50 bits per heavy atom. The Morgan fingerprint density at radius 2 is 2.29 bits per heavy atom. The molecule has 0 bridgehead atoms. The number of hydrogen-bond acceptors (Lipinski definition) is 1. The maximum Gasteiger partial charge on any atom is 0.157 e. The van der Waals surface area contributed by atoms with Crippen LogP contribution in [0.25, 0.3) is 0 Å². The van der Waals surface area contributed by atoms with Crippen molar-refractivity contribution in [2.45, 2.75) is 25.4 Å². The number of rotatable bonds is 3. The third-order valence-corrected chi connectivity index (χ3v) is 3.12. The average molecular weight is 196 g/mol. The third kappa shape index (κ3) is 2.59. The Hall–Kier alpha value is -0.800. The van der Waals surface area contributed by atoms with Gasteiger partial charge in [-0.25, -0.2) is 0 Å². The number of furan rings is 1. The number of nitrogens with two attached hydrogens (primary N) is 1. The van der Waals surface area contributed by atoms with Crippen LogP contribution in [0.3, 0.4) is 0 Å². The van der Waals surface area contributed by atoms with Gasteiger partial charge in [-0.15, -0.1) is 0 Å². The van der Waals surface area contributed by atoms with Gasteiger partial charge >= 0.3 is 0 Å². The number of likely N-dealkylation sites (tertiary alicyclic amines) is 1. The maximum atomic E-state index is 5.31. The molecule has 0 amide bonds. The van der Waals surface area contributed by atoms with Crippen LogP contribution in [0, 0.1) is 0 Å². The van der Waals surface area contributed by atoms with Crippen molar-refractivity contribution in [1.29, 1.82) is 0 Å². The first kappa shape index (κ1) is 9.74. The van der Waals surface area contributed by atoms with E-state index in [1.165, 1.54) is 25.9 Å². The molecular weight excluding hydrogens is 176 g/mol. The van der Waals surface area contributed by atoms with E-state index in [1.54, 1.807) is 11.2 Å². The molecule has 1 aliphatic rings. The molecule has 78 valence electrons. The summed E-state index contributed by atoms with van der Waals surface area (Å²) in [7, 11) is 2.28. The minimum Gasteiger partial charge on any atom is -0.463 e. The summed E-state index contributed by atoms with van der Waals surface area (Å²) in [4.78, 5) is 1.67. The van der Waals surface area contributed by atoms with Crippen LogP contribution in [0.5, 0.6) is 0 Å². The molecule has 3 heteroatoms. The number of nitrogens with one attached hydrogen (secondary N) is 1. The second-order valence-corrected chi connectivity index (χ2v) is 4.31. The molecule has 3 nitrogen and oxygen atoms in total. The SMILES string of the molecule is C[NH+]1CCC([NH2+]Cc2ccco2)CC1. The summed E-state index contributed by atoms with van der Waals surface area (Å²) >= 11 is 0. The zero-order valence-electron chi connectivity index (χ0n) is 8.83. The van der Waals surface area contributed by atoms with Crippen LogP contribution in [0.4, 0.5) is 0 Å². The predicted octanol–water partition coefficient (Wildman–Crippen LogP) is -0.980. The van der Waals surface area contributed by atoms with E-state index in [1.807, 2.05) is 6.07 Å². The first-order chi connectivity index (χ1) is 6.84. The van der Waals surface area contributed by atoms with Crippen LogP contribution in [0.1, 0.15) is 18.6 Å². The standard InChI is InChI=1S/C11H18N2O/c1-13-6-4-10(5-7-13)12-9-11-3-2-8-14-11/h2-3,8,10,12H,4-7,9H2,1H3/p+2. The van der Waals surface area contributed by atoms with Crippen molar-refractivity contribution in [3.63, 3.8) is 0 Å². The molecule has 14 heavy (non-hydrogen) atoms. The molecule has 0 unspecified atom stereocenters. The highest BCUT2D eigenvalue weighted by Gasteiger charge is 2.21. The summed E-state index contributed by atoms with van der Waals surface area (Å²) in [6.45, 7) is 3.63. The highest BCUT2D eigenvalue weighted by molar-refractivity contribution is 4.95. The van der Waals surface area contributed by atoms with Crippen LogP contribution in [-0.2, 0) is 6.54 Å². The van der Waals surface area contributed by atoms with Crippen molar-refractivity contribution >= 4 is 0 Å². The highest BCUT2D eigenvalue weighted by atomic mass is 16.3. The fourth-order valence-corrected chi connectivity index (χ4v) is 2.08. The molecule has 1 aromatic heterocycles. The third-order valence-electron chi connectivity index (χ3n) is 3.12. The summed E-state index contributed by atoms with van der Waals surface area (Å²) in [5.41, 5.74) is 0. The van der Waals surface area contributed by atoms with E-state index in [-0.39, 0.29) is 0 Å². The van der Waals surface area contributed by atoms with E-state index >= 15 is 0 Å². The van der Waals surface area contributed by atoms with Gasteiger partial charge in [-0.2, -0.15) is 0 Å². The second kappa shape index (κ2) is 4.62. The zero-order chi connectivity index (χ0) is 9.80. The van der Waals surface area contributed by atoms with Gasteiger partial charge in [0.15, 0.2) is 5.76 Å². The van der Waals surface area contributed by atoms with Crippen molar-refractivity contribution in [1.82, 2.24) is 0 Å². The van der Waals surface area contributed by atoms with Gasteiger partial charge in [0.1, 0.15) is 6.54 Å². The van der Waals surface area contributed by atoms with Crippen LogP contribution < -0.4 is 10.2 Å². The highest BCUT2D eigenvalue weighted by Crippen LogP contribution is 1.98. The van der Waals surface area contributed by atoms with Crippen LogP contribution in [-0.4, -0.2) is 26.2 Å².